The Morgan fingerprint density at radius 2 is 1.73 bits per heavy atom. The van der Waals surface area contributed by atoms with Gasteiger partial charge in [-0.3, -0.25) is 0 Å². The van der Waals surface area contributed by atoms with E-state index in [0.29, 0.717) is 0 Å². The monoisotopic (exact) mass is 272 g/mol. The van der Waals surface area contributed by atoms with E-state index < -0.39 is 0 Å². The van der Waals surface area contributed by atoms with Gasteiger partial charge in [0.25, 0.3) is 0 Å². The van der Waals surface area contributed by atoms with Crippen LogP contribution in [0.2, 0.25) is 0 Å². The second kappa shape index (κ2) is 6.26. The molecule has 3 heteroatoms. The molecule has 2 nitrogen and oxygen atoms in total. The lowest BCUT2D eigenvalue weighted by molar-refractivity contribution is -0.937. The number of nitrogens with one attached hydrogen (secondary N) is 2. The molecule has 0 aliphatic heterocycles. The Balaban J connectivity index is 2.44. The van der Waals surface area contributed by atoms with E-state index in [-0.39, 0.29) is 0 Å². The van der Waals surface area contributed by atoms with Gasteiger partial charge in [0.05, 0.1) is 21.1 Å². The average Bonchev–Trinajstić information content (AvgIpc) is 2.18. The zero-order valence-electron chi connectivity index (χ0n) is 9.81. The highest BCUT2D eigenvalue weighted by atomic mass is 79.9. The van der Waals surface area contributed by atoms with Crippen LogP contribution in [0.15, 0.2) is 28.7 Å². The zero-order chi connectivity index (χ0) is 11.3. The molecule has 0 fully saturated rings. The minimum Gasteiger partial charge on any atom is -0.335 e. The summed E-state index contributed by atoms with van der Waals surface area (Å²) >= 11 is 3.59. The van der Waals surface area contributed by atoms with Crippen LogP contribution in [0.1, 0.15) is 5.56 Å². The molecule has 84 valence electrons. The number of likely N-dealkylation sites (N-methyl/N-ethyl adjacent to an activating group) is 2. The normalized spacial score (nSPS) is 13.1. The second-order valence-corrected chi connectivity index (χ2v) is 5.29. The molecule has 15 heavy (non-hydrogen) atoms. The third-order valence-corrected chi connectivity index (χ3v) is 3.28. The van der Waals surface area contributed by atoms with Gasteiger partial charge in [-0.15, -0.1) is 0 Å². The first-order valence-electron chi connectivity index (χ1n) is 5.43. The van der Waals surface area contributed by atoms with Gasteiger partial charge in [-0.05, 0) is 6.07 Å². The molecular weight excluding hydrogens is 252 g/mol. The van der Waals surface area contributed by atoms with Gasteiger partial charge in [-0.1, -0.05) is 34.1 Å². The predicted molar refractivity (Wildman–Crippen MR) is 67.3 cm³/mol. The van der Waals surface area contributed by atoms with Crippen molar-refractivity contribution in [1.82, 2.24) is 0 Å². The highest BCUT2D eigenvalue weighted by molar-refractivity contribution is 9.10. The fourth-order valence-corrected chi connectivity index (χ4v) is 1.94. The van der Waals surface area contributed by atoms with Crippen molar-refractivity contribution in [1.29, 1.82) is 0 Å². The van der Waals surface area contributed by atoms with Gasteiger partial charge in [0.2, 0.25) is 0 Å². The molecule has 0 aromatic heterocycles. The van der Waals surface area contributed by atoms with E-state index in [0.717, 1.165) is 6.54 Å². The first-order valence-corrected chi connectivity index (χ1v) is 6.22. The van der Waals surface area contributed by atoms with Crippen LogP contribution in [0.3, 0.4) is 0 Å². The van der Waals surface area contributed by atoms with Crippen molar-refractivity contribution in [3.8, 4) is 0 Å². The van der Waals surface area contributed by atoms with Gasteiger partial charge < -0.3 is 9.80 Å². The van der Waals surface area contributed by atoms with Gasteiger partial charge in [0.1, 0.15) is 19.6 Å². The number of benzene rings is 1. The molecule has 1 unspecified atom stereocenters. The van der Waals surface area contributed by atoms with Crippen LogP contribution in [-0.2, 0) is 6.54 Å². The third-order valence-electron chi connectivity index (χ3n) is 2.50. The minimum atomic E-state index is 1.09. The summed E-state index contributed by atoms with van der Waals surface area (Å²) in [5.41, 5.74) is 1.39. The number of quaternary nitrogens is 2. The van der Waals surface area contributed by atoms with Crippen molar-refractivity contribution < 1.29 is 9.80 Å². The van der Waals surface area contributed by atoms with Crippen LogP contribution in [0, 0.1) is 0 Å². The molecule has 2 N–H and O–H groups in total. The summed E-state index contributed by atoms with van der Waals surface area (Å²) in [6, 6.07) is 8.47. The molecule has 1 rings (SSSR count). The molecule has 0 spiro atoms. The predicted octanol–water partition coefficient (Wildman–Crippen LogP) is -0.392. The topological polar surface area (TPSA) is 8.88 Å². The fraction of sp³-hybridized carbons (Fsp3) is 0.500. The van der Waals surface area contributed by atoms with Gasteiger partial charge in [0.15, 0.2) is 0 Å². The molecule has 1 atom stereocenters. The van der Waals surface area contributed by atoms with Crippen LogP contribution >= 0.6 is 15.9 Å². The molecule has 0 bridgehead atoms. The van der Waals surface area contributed by atoms with Gasteiger partial charge >= 0.3 is 0 Å². The van der Waals surface area contributed by atoms with Crippen molar-refractivity contribution in [2.24, 2.45) is 0 Å². The Hall–Kier alpha value is -0.380. The lowest BCUT2D eigenvalue weighted by atomic mass is 10.2. The molecule has 0 aliphatic rings. The maximum absolute atomic E-state index is 3.59. The standard InChI is InChI=1S/C12H19BrN2/c1-14(2)8-9-15(3)10-11-6-4-5-7-12(11)13/h4-7H,8-10H2,1-3H3/p+2. The summed E-state index contributed by atoms with van der Waals surface area (Å²) in [6.07, 6.45) is 0. The lowest BCUT2D eigenvalue weighted by Crippen LogP contribution is -3.15. The maximum Gasteiger partial charge on any atom is 0.127 e. The smallest absolute Gasteiger partial charge is 0.127 e. The summed E-state index contributed by atoms with van der Waals surface area (Å²) in [6.45, 7) is 3.52. The first-order chi connectivity index (χ1) is 7.09. The molecule has 0 saturated carbocycles. The van der Waals surface area contributed by atoms with Gasteiger partial charge in [-0.2, -0.15) is 0 Å². The molecule has 1 aromatic rings. The van der Waals surface area contributed by atoms with E-state index in [4.69, 9.17) is 0 Å². The largest absolute Gasteiger partial charge is 0.335 e. The van der Waals surface area contributed by atoms with E-state index in [1.807, 2.05) is 0 Å². The lowest BCUT2D eigenvalue weighted by Gasteiger charge is -2.16. The van der Waals surface area contributed by atoms with E-state index >= 15 is 0 Å². The van der Waals surface area contributed by atoms with Crippen LogP contribution in [-0.4, -0.2) is 34.2 Å². The Bertz CT molecular complexity index is 299. The maximum atomic E-state index is 3.59. The highest BCUT2D eigenvalue weighted by Crippen LogP contribution is 2.14. The molecule has 1 aromatic carbocycles. The highest BCUT2D eigenvalue weighted by Gasteiger charge is 2.07. The SMILES string of the molecule is C[NH+](C)CC[NH+](C)Cc1ccccc1Br. The number of halogens is 1. The van der Waals surface area contributed by atoms with Crippen molar-refractivity contribution in [3.05, 3.63) is 34.3 Å². The van der Waals surface area contributed by atoms with Crippen molar-refractivity contribution in [2.75, 3.05) is 34.2 Å². The number of rotatable bonds is 5. The Kier molecular flexibility index (Phi) is 5.29. The fourth-order valence-electron chi connectivity index (χ4n) is 1.52. The molecule has 0 aliphatic carbocycles. The minimum absolute atomic E-state index is 1.09. The van der Waals surface area contributed by atoms with Crippen molar-refractivity contribution in [3.63, 3.8) is 0 Å². The number of hydrogen-bond acceptors (Lipinski definition) is 0. The molecule has 0 radical (unpaired) electrons. The van der Waals surface area contributed by atoms with Gasteiger partial charge in [-0.25, -0.2) is 0 Å². The first kappa shape index (κ1) is 12.7. The van der Waals surface area contributed by atoms with E-state index in [2.05, 4.69) is 61.3 Å². The molecule has 0 saturated heterocycles. The number of hydrogen-bond donors (Lipinski definition) is 2. The van der Waals surface area contributed by atoms with Crippen molar-refractivity contribution in [2.45, 2.75) is 6.54 Å². The third kappa shape index (κ3) is 4.78. The Morgan fingerprint density at radius 3 is 2.33 bits per heavy atom. The molecule has 0 amide bonds. The van der Waals surface area contributed by atoms with E-state index in [9.17, 15) is 0 Å². The second-order valence-electron chi connectivity index (χ2n) is 4.43. The zero-order valence-corrected chi connectivity index (χ0v) is 11.4. The molecular formula is C12H21BrN2+2. The van der Waals surface area contributed by atoms with Crippen LogP contribution in [0.25, 0.3) is 0 Å². The van der Waals surface area contributed by atoms with E-state index in [1.54, 1.807) is 4.90 Å². The van der Waals surface area contributed by atoms with Gasteiger partial charge in [0, 0.05) is 10.0 Å². The quantitative estimate of drug-likeness (QED) is 0.723. The van der Waals surface area contributed by atoms with Crippen LogP contribution < -0.4 is 9.80 Å². The average molecular weight is 273 g/mol. The summed E-state index contributed by atoms with van der Waals surface area (Å²) in [4.78, 5) is 3.07. The van der Waals surface area contributed by atoms with Crippen LogP contribution in [0.4, 0.5) is 0 Å². The summed E-state index contributed by atoms with van der Waals surface area (Å²) in [7, 11) is 6.65. The van der Waals surface area contributed by atoms with Crippen LogP contribution in [0.5, 0.6) is 0 Å². The van der Waals surface area contributed by atoms with Crippen molar-refractivity contribution >= 4 is 15.9 Å². The summed E-state index contributed by atoms with van der Waals surface area (Å²) in [5, 5.41) is 0. The summed E-state index contributed by atoms with van der Waals surface area (Å²) in [5.74, 6) is 0. The Morgan fingerprint density at radius 1 is 1.07 bits per heavy atom. The van der Waals surface area contributed by atoms with E-state index in [1.165, 1.54) is 28.0 Å². The Labute approximate surface area is 101 Å². The molecule has 0 heterocycles. The summed E-state index contributed by atoms with van der Waals surface area (Å²) < 4.78 is 1.22.